The van der Waals surface area contributed by atoms with Crippen molar-refractivity contribution in [3.8, 4) is 0 Å². The van der Waals surface area contributed by atoms with Gasteiger partial charge in [-0.1, -0.05) is 25.8 Å². The minimum Gasteiger partial charge on any atom is -0.462 e. The molecule has 0 bridgehead atoms. The zero-order valence-corrected chi connectivity index (χ0v) is 14.8. The van der Waals surface area contributed by atoms with Gasteiger partial charge >= 0.3 is 18.1 Å². The Kier molecular flexibility index (Phi) is 7.18. The van der Waals surface area contributed by atoms with Crippen LogP contribution in [0.4, 0.5) is 22.0 Å². The number of carbonyl (C=O) groups excluding carboxylic acids is 2. The van der Waals surface area contributed by atoms with Crippen molar-refractivity contribution in [1.82, 2.24) is 0 Å². The van der Waals surface area contributed by atoms with Crippen molar-refractivity contribution < 1.29 is 41.0 Å². The van der Waals surface area contributed by atoms with Gasteiger partial charge in [0.25, 0.3) is 11.5 Å². The molecule has 1 aliphatic rings. The lowest BCUT2D eigenvalue weighted by Crippen LogP contribution is -2.59. The summed E-state index contributed by atoms with van der Waals surface area (Å²) in [6.45, 7) is 4.01. The van der Waals surface area contributed by atoms with Crippen molar-refractivity contribution in [2.75, 3.05) is 6.61 Å². The van der Waals surface area contributed by atoms with Crippen molar-refractivity contribution in [2.45, 2.75) is 70.1 Å². The molecule has 1 aliphatic carbocycles. The smallest absolute Gasteiger partial charge is 0.393 e. The van der Waals surface area contributed by atoms with E-state index in [9.17, 15) is 31.5 Å². The lowest BCUT2D eigenvalue weighted by molar-refractivity contribution is -0.254. The summed E-state index contributed by atoms with van der Waals surface area (Å²) in [5.74, 6) is -7.86. The minimum absolute atomic E-state index is 0.0896. The van der Waals surface area contributed by atoms with Crippen molar-refractivity contribution >= 4 is 11.9 Å². The maximum atomic E-state index is 14.1. The first-order chi connectivity index (χ1) is 11.8. The number of halogens is 5. The zero-order chi connectivity index (χ0) is 20.2. The number of esters is 2. The fourth-order valence-corrected chi connectivity index (χ4v) is 2.77. The Morgan fingerprint density at radius 2 is 1.62 bits per heavy atom. The molecule has 0 spiro atoms. The molecule has 1 fully saturated rings. The van der Waals surface area contributed by atoms with Gasteiger partial charge in [0.05, 0.1) is 6.61 Å². The van der Waals surface area contributed by atoms with E-state index in [-0.39, 0.29) is 19.4 Å². The summed E-state index contributed by atoms with van der Waals surface area (Å²) in [4.78, 5) is 24.0. The molecule has 4 nitrogen and oxygen atoms in total. The predicted molar refractivity (Wildman–Crippen MR) is 82.5 cm³/mol. The fourth-order valence-electron chi connectivity index (χ4n) is 2.77. The molecule has 0 aromatic heterocycles. The largest absolute Gasteiger partial charge is 0.462 e. The molecular formula is C17H23F5O4. The number of alkyl halides is 5. The molecule has 9 heteroatoms. The first-order valence-corrected chi connectivity index (χ1v) is 8.29. The van der Waals surface area contributed by atoms with Gasteiger partial charge in [0.2, 0.25) is 0 Å². The van der Waals surface area contributed by atoms with Gasteiger partial charge in [0, 0.05) is 12.5 Å². The molecule has 0 N–H and O–H groups in total. The van der Waals surface area contributed by atoms with Gasteiger partial charge in [-0.3, -0.25) is 0 Å². The Morgan fingerprint density at radius 1 is 1.08 bits per heavy atom. The third-order valence-electron chi connectivity index (χ3n) is 4.28. The van der Waals surface area contributed by atoms with E-state index in [4.69, 9.17) is 4.74 Å². The van der Waals surface area contributed by atoms with Gasteiger partial charge in [0.1, 0.15) is 6.42 Å². The summed E-state index contributed by atoms with van der Waals surface area (Å²) in [5.41, 5.74) is -4.21. The van der Waals surface area contributed by atoms with Crippen LogP contribution in [0.5, 0.6) is 0 Å². The third-order valence-corrected chi connectivity index (χ3v) is 4.28. The van der Waals surface area contributed by atoms with Gasteiger partial charge in [-0.25, -0.2) is 18.4 Å². The maximum Gasteiger partial charge on any atom is 0.393 e. The van der Waals surface area contributed by atoms with Crippen molar-refractivity contribution in [3.63, 3.8) is 0 Å². The highest BCUT2D eigenvalue weighted by Gasteiger charge is 2.65. The monoisotopic (exact) mass is 386 g/mol. The minimum atomic E-state index is -5.20. The maximum absolute atomic E-state index is 14.1. The Balaban J connectivity index is 3.10. The quantitative estimate of drug-likeness (QED) is 0.365. The molecular weight excluding hydrogens is 363 g/mol. The molecule has 1 saturated carbocycles. The van der Waals surface area contributed by atoms with Crippen LogP contribution < -0.4 is 0 Å². The van der Waals surface area contributed by atoms with Crippen LogP contribution in [-0.2, 0) is 19.1 Å². The van der Waals surface area contributed by atoms with Crippen LogP contribution in [0.15, 0.2) is 12.2 Å². The molecule has 0 amide bonds. The number of rotatable bonds is 7. The predicted octanol–water partition coefficient (Wildman–Crippen LogP) is 4.58. The number of hydrogen-bond donors (Lipinski definition) is 0. The standard InChI is InChI=1S/C17H23F5O4/c1-11(2)13(23)26-16(15(3,18)19,10-17(20,21)22)14(24)25-9-12-7-5-4-6-8-12/h12H,1,4-10H2,2-3H3. The van der Waals surface area contributed by atoms with Crippen LogP contribution in [0.25, 0.3) is 0 Å². The molecule has 0 aromatic carbocycles. The van der Waals surface area contributed by atoms with Gasteiger partial charge < -0.3 is 9.47 Å². The van der Waals surface area contributed by atoms with Gasteiger partial charge in [-0.15, -0.1) is 0 Å². The summed E-state index contributed by atoms with van der Waals surface area (Å²) >= 11 is 0. The van der Waals surface area contributed by atoms with Gasteiger partial charge in [0.15, 0.2) is 0 Å². The topological polar surface area (TPSA) is 52.6 Å². The van der Waals surface area contributed by atoms with Crippen LogP contribution in [-0.4, -0.2) is 36.2 Å². The Bertz CT molecular complexity index is 532. The average molecular weight is 386 g/mol. The van der Waals surface area contributed by atoms with Crippen LogP contribution in [0.1, 0.15) is 52.4 Å². The van der Waals surface area contributed by atoms with Crippen molar-refractivity contribution in [3.05, 3.63) is 12.2 Å². The highest BCUT2D eigenvalue weighted by Crippen LogP contribution is 2.42. The zero-order valence-electron chi connectivity index (χ0n) is 14.8. The van der Waals surface area contributed by atoms with E-state index in [1.54, 1.807) is 0 Å². The molecule has 26 heavy (non-hydrogen) atoms. The molecule has 150 valence electrons. The first kappa shape index (κ1) is 22.4. The normalized spacial score (nSPS) is 18.7. The van der Waals surface area contributed by atoms with E-state index >= 15 is 0 Å². The molecule has 1 unspecified atom stereocenters. The summed E-state index contributed by atoms with van der Waals surface area (Å²) in [6, 6.07) is 0. The molecule has 0 aliphatic heterocycles. The Labute approximate surface area is 148 Å². The molecule has 0 radical (unpaired) electrons. The molecule has 0 heterocycles. The molecule has 0 saturated heterocycles. The van der Waals surface area contributed by atoms with E-state index in [0.717, 1.165) is 26.2 Å². The van der Waals surface area contributed by atoms with Gasteiger partial charge in [-0.05, 0) is 25.7 Å². The van der Waals surface area contributed by atoms with Crippen molar-refractivity contribution in [2.24, 2.45) is 5.92 Å². The highest BCUT2D eigenvalue weighted by atomic mass is 19.4. The van der Waals surface area contributed by atoms with E-state index in [0.29, 0.717) is 12.8 Å². The SMILES string of the molecule is C=C(C)C(=O)OC(CC(F)(F)F)(C(=O)OCC1CCCCC1)C(C)(F)F. The second kappa shape index (κ2) is 8.35. The third kappa shape index (κ3) is 5.95. The second-order valence-electron chi connectivity index (χ2n) is 6.78. The fraction of sp³-hybridized carbons (Fsp3) is 0.765. The molecule has 0 aromatic rings. The summed E-state index contributed by atoms with van der Waals surface area (Å²) in [5, 5.41) is 0. The Hall–Kier alpha value is -1.67. The Morgan fingerprint density at radius 3 is 2.04 bits per heavy atom. The summed E-state index contributed by atoms with van der Waals surface area (Å²) in [7, 11) is 0. The lowest BCUT2D eigenvalue weighted by Gasteiger charge is -2.36. The number of carbonyl (C=O) groups is 2. The van der Waals surface area contributed by atoms with Crippen molar-refractivity contribution in [1.29, 1.82) is 0 Å². The summed E-state index contributed by atoms with van der Waals surface area (Å²) in [6.07, 6.45) is -3.45. The van der Waals surface area contributed by atoms with Crippen LogP contribution in [0.2, 0.25) is 0 Å². The highest BCUT2D eigenvalue weighted by molar-refractivity contribution is 5.91. The van der Waals surface area contributed by atoms with Crippen LogP contribution in [0.3, 0.4) is 0 Å². The average Bonchev–Trinajstić information content (AvgIpc) is 2.50. The second-order valence-corrected chi connectivity index (χ2v) is 6.78. The van der Waals surface area contributed by atoms with Gasteiger partial charge in [-0.2, -0.15) is 13.2 Å². The van der Waals surface area contributed by atoms with E-state index in [1.807, 2.05) is 0 Å². The van der Waals surface area contributed by atoms with E-state index in [2.05, 4.69) is 11.3 Å². The number of ether oxygens (including phenoxy) is 2. The van der Waals surface area contributed by atoms with E-state index in [1.165, 1.54) is 0 Å². The lowest BCUT2D eigenvalue weighted by atomic mass is 9.89. The van der Waals surface area contributed by atoms with Crippen LogP contribution in [0, 0.1) is 5.92 Å². The van der Waals surface area contributed by atoms with Crippen LogP contribution >= 0.6 is 0 Å². The first-order valence-electron chi connectivity index (χ1n) is 8.29. The molecule has 1 rings (SSSR count). The number of hydrogen-bond acceptors (Lipinski definition) is 4. The van der Waals surface area contributed by atoms with E-state index < -0.39 is 41.6 Å². The molecule has 1 atom stereocenters. The summed E-state index contributed by atoms with van der Waals surface area (Å²) < 4.78 is 76.1.